The lowest BCUT2D eigenvalue weighted by molar-refractivity contribution is 0.753. The number of nitrogens with zero attached hydrogens (tertiary/aromatic N) is 3. The van der Waals surface area contributed by atoms with Crippen LogP contribution in [-0.4, -0.2) is 4.57 Å². The maximum Gasteiger partial charge on any atom is 0.0755 e. The number of aromatic nitrogens is 1. The fourth-order valence-electron chi connectivity index (χ4n) is 11.0. The van der Waals surface area contributed by atoms with E-state index in [1.165, 1.54) is 66.6 Å². The Morgan fingerprint density at radius 1 is 0.359 bits per heavy atom. The molecule has 2 aliphatic rings. The van der Waals surface area contributed by atoms with Crippen molar-refractivity contribution in [3.63, 3.8) is 0 Å². The number of rotatable bonds is 7. The highest BCUT2D eigenvalue weighted by molar-refractivity contribution is 6.11. The van der Waals surface area contributed by atoms with E-state index in [1.54, 1.807) is 0 Å². The lowest BCUT2D eigenvalue weighted by Gasteiger charge is -2.44. The van der Waals surface area contributed by atoms with Crippen LogP contribution in [0.4, 0.5) is 34.1 Å². The van der Waals surface area contributed by atoms with Gasteiger partial charge in [-0.15, -0.1) is 0 Å². The average Bonchev–Trinajstić information content (AvgIpc) is 3.86. The molecule has 3 nitrogen and oxygen atoms in total. The van der Waals surface area contributed by atoms with Gasteiger partial charge in [0.15, 0.2) is 0 Å². The van der Waals surface area contributed by atoms with Crippen molar-refractivity contribution in [2.45, 2.75) is 5.41 Å². The van der Waals surface area contributed by atoms with Crippen LogP contribution in [0, 0.1) is 0 Å². The Kier molecular flexibility index (Phi) is 8.13. The Morgan fingerprint density at radius 2 is 0.953 bits per heavy atom. The predicted molar refractivity (Wildman–Crippen MR) is 266 cm³/mol. The van der Waals surface area contributed by atoms with Gasteiger partial charge < -0.3 is 14.4 Å². The molecule has 0 radical (unpaired) electrons. The van der Waals surface area contributed by atoms with Crippen LogP contribution >= 0.6 is 0 Å². The molecule has 1 aliphatic carbocycles. The molecule has 0 saturated heterocycles. The Morgan fingerprint density at radius 3 is 1.77 bits per heavy atom. The fraction of sp³-hybridized carbons (Fsp3) is 0.0164. The first-order valence-electron chi connectivity index (χ1n) is 22.1. The molecule has 11 aromatic rings. The van der Waals surface area contributed by atoms with Crippen LogP contribution in [0.25, 0.3) is 49.7 Å². The molecule has 0 amide bonds. The van der Waals surface area contributed by atoms with Crippen LogP contribution < -0.4 is 9.80 Å². The minimum absolute atomic E-state index is 0.589. The van der Waals surface area contributed by atoms with Crippen molar-refractivity contribution in [1.82, 2.24) is 4.57 Å². The Labute approximate surface area is 373 Å². The molecule has 0 bridgehead atoms. The molecule has 0 fully saturated rings. The largest absolute Gasteiger partial charge is 0.310 e. The van der Waals surface area contributed by atoms with E-state index in [-0.39, 0.29) is 0 Å². The maximum absolute atomic E-state index is 2.50. The molecule has 2 heterocycles. The molecular formula is C61H41N3. The molecule has 64 heavy (non-hydrogen) atoms. The molecule has 1 atom stereocenters. The van der Waals surface area contributed by atoms with Gasteiger partial charge in [0, 0.05) is 44.6 Å². The summed E-state index contributed by atoms with van der Waals surface area (Å²) < 4.78 is 2.41. The molecule has 10 aromatic carbocycles. The monoisotopic (exact) mass is 815 g/mol. The van der Waals surface area contributed by atoms with Crippen molar-refractivity contribution in [3.8, 4) is 27.9 Å². The molecule has 0 spiro atoms. The summed E-state index contributed by atoms with van der Waals surface area (Å²) in [5.74, 6) is 0. The second-order valence-electron chi connectivity index (χ2n) is 16.8. The summed E-state index contributed by atoms with van der Waals surface area (Å²) in [5.41, 5.74) is 19.7. The van der Waals surface area contributed by atoms with Crippen LogP contribution in [0.15, 0.2) is 249 Å². The maximum atomic E-state index is 2.50. The van der Waals surface area contributed by atoms with Crippen molar-refractivity contribution in [2.24, 2.45) is 0 Å². The molecule has 300 valence electrons. The molecule has 0 saturated carbocycles. The smallest absolute Gasteiger partial charge is 0.0755 e. The number of hydrogen-bond acceptors (Lipinski definition) is 2. The number of anilines is 6. The summed E-state index contributed by atoms with van der Waals surface area (Å²) in [4.78, 5) is 4.95. The number of benzene rings is 10. The molecule has 3 heteroatoms. The standard InChI is InChI=1S/C61H41N3/c1-5-20-42(21-6-1)48-28-13-16-32-55(48)62(47-37-39-51-50-29-14-17-33-56(50)63(59(51)41-47)44-24-9-3-10-25-44)46-36-38-49-52-30-19-35-58-60(52)61(54(49)40-46,43-22-7-2-8-23-43)53-31-15-18-34-57(53)64(58)45-26-11-4-12-27-45/h1-41H. The van der Waals surface area contributed by atoms with Crippen molar-refractivity contribution in [3.05, 3.63) is 271 Å². The van der Waals surface area contributed by atoms with E-state index in [0.717, 1.165) is 39.5 Å². The second-order valence-corrected chi connectivity index (χ2v) is 16.8. The van der Waals surface area contributed by atoms with Crippen LogP contribution in [0.2, 0.25) is 0 Å². The van der Waals surface area contributed by atoms with Gasteiger partial charge in [0.05, 0.1) is 33.5 Å². The van der Waals surface area contributed by atoms with Gasteiger partial charge in [0.2, 0.25) is 0 Å². The van der Waals surface area contributed by atoms with Crippen LogP contribution in [0.3, 0.4) is 0 Å². The van der Waals surface area contributed by atoms with E-state index in [2.05, 4.69) is 263 Å². The second kappa shape index (κ2) is 14.3. The van der Waals surface area contributed by atoms with Gasteiger partial charge in [0.25, 0.3) is 0 Å². The van der Waals surface area contributed by atoms with Crippen molar-refractivity contribution < 1.29 is 0 Å². The fourth-order valence-corrected chi connectivity index (χ4v) is 11.0. The van der Waals surface area contributed by atoms with E-state index in [4.69, 9.17) is 0 Å². The summed E-state index contributed by atoms with van der Waals surface area (Å²) in [5, 5.41) is 2.46. The van der Waals surface area contributed by atoms with Crippen molar-refractivity contribution >= 4 is 55.9 Å². The Bertz CT molecular complexity index is 3560. The van der Waals surface area contributed by atoms with Crippen LogP contribution in [0.5, 0.6) is 0 Å². The van der Waals surface area contributed by atoms with Crippen molar-refractivity contribution in [1.29, 1.82) is 0 Å². The number of hydrogen-bond donors (Lipinski definition) is 0. The van der Waals surface area contributed by atoms with Gasteiger partial charge in [-0.25, -0.2) is 0 Å². The van der Waals surface area contributed by atoms with Gasteiger partial charge in [0.1, 0.15) is 0 Å². The predicted octanol–water partition coefficient (Wildman–Crippen LogP) is 16.1. The molecule has 1 unspecified atom stereocenters. The zero-order valence-electron chi connectivity index (χ0n) is 35.0. The van der Waals surface area contributed by atoms with Gasteiger partial charge in [-0.05, 0) is 106 Å². The summed E-state index contributed by atoms with van der Waals surface area (Å²) >= 11 is 0. The van der Waals surface area contributed by atoms with E-state index in [9.17, 15) is 0 Å². The van der Waals surface area contributed by atoms with Crippen molar-refractivity contribution in [2.75, 3.05) is 9.80 Å². The highest BCUT2D eigenvalue weighted by atomic mass is 15.2. The third-order valence-electron chi connectivity index (χ3n) is 13.5. The Hall–Kier alpha value is -8.40. The average molecular weight is 816 g/mol. The summed E-state index contributed by atoms with van der Waals surface area (Å²) in [6, 6.07) is 91.4. The van der Waals surface area contributed by atoms with Gasteiger partial charge in [-0.2, -0.15) is 0 Å². The van der Waals surface area contributed by atoms with E-state index < -0.39 is 5.41 Å². The highest BCUT2D eigenvalue weighted by Gasteiger charge is 2.52. The van der Waals surface area contributed by atoms with Crippen LogP contribution in [-0.2, 0) is 5.41 Å². The Balaban J connectivity index is 1.11. The first-order chi connectivity index (χ1) is 31.8. The lowest BCUT2D eigenvalue weighted by Crippen LogP contribution is -2.36. The molecule has 0 N–H and O–H groups in total. The number of para-hydroxylation sites is 5. The summed E-state index contributed by atoms with van der Waals surface area (Å²) in [6.07, 6.45) is 0. The molecule has 1 aliphatic heterocycles. The normalized spacial score (nSPS) is 14.6. The topological polar surface area (TPSA) is 11.4 Å². The van der Waals surface area contributed by atoms with Gasteiger partial charge >= 0.3 is 0 Å². The SMILES string of the molecule is c1ccc(-c2ccccc2N(c2ccc3c(c2)C2(c4ccccc4)c4ccccc4N(c4ccccc4)c4cccc-3c42)c2ccc3c4ccccc4n(-c4ccccc4)c3c2)cc1. The van der Waals surface area contributed by atoms with E-state index in [1.807, 2.05) is 0 Å². The molecular weight excluding hydrogens is 775 g/mol. The number of fused-ring (bicyclic) bond motifs is 8. The third kappa shape index (κ3) is 5.22. The summed E-state index contributed by atoms with van der Waals surface area (Å²) in [6.45, 7) is 0. The molecule has 1 aromatic heterocycles. The quantitative estimate of drug-likeness (QED) is 0.159. The molecule has 13 rings (SSSR count). The van der Waals surface area contributed by atoms with Gasteiger partial charge in [-0.3, -0.25) is 0 Å². The van der Waals surface area contributed by atoms with Gasteiger partial charge in [-0.1, -0.05) is 176 Å². The first-order valence-corrected chi connectivity index (χ1v) is 22.1. The lowest BCUT2D eigenvalue weighted by atomic mass is 9.65. The first kappa shape index (κ1) is 36.3. The van der Waals surface area contributed by atoms with Crippen LogP contribution in [0.1, 0.15) is 22.3 Å². The summed E-state index contributed by atoms with van der Waals surface area (Å²) in [7, 11) is 0. The third-order valence-corrected chi connectivity index (χ3v) is 13.5. The zero-order valence-corrected chi connectivity index (χ0v) is 35.0. The highest BCUT2D eigenvalue weighted by Crippen LogP contribution is 2.65. The minimum atomic E-state index is -0.589. The minimum Gasteiger partial charge on any atom is -0.310 e. The van der Waals surface area contributed by atoms with E-state index in [0.29, 0.717) is 0 Å². The van der Waals surface area contributed by atoms with E-state index >= 15 is 0 Å². The zero-order chi connectivity index (χ0) is 42.2.